The van der Waals surface area contributed by atoms with Gasteiger partial charge < -0.3 is 10.2 Å². The SMILES string of the molecule is CC(C)c1nc(Cl)cc(NCCCCN2CCCC2)n1. The molecule has 4 nitrogen and oxygen atoms in total. The average molecular weight is 297 g/mol. The van der Waals surface area contributed by atoms with Crippen molar-refractivity contribution < 1.29 is 0 Å². The summed E-state index contributed by atoms with van der Waals surface area (Å²) in [6, 6.07) is 1.80. The standard InChI is InChI=1S/C15H25ClN4/c1-12(2)15-18-13(16)11-14(19-15)17-7-3-4-8-20-9-5-6-10-20/h11-12H,3-10H2,1-2H3,(H,17,18,19). The molecule has 1 aromatic heterocycles. The molecule has 0 atom stereocenters. The number of hydrogen-bond donors (Lipinski definition) is 1. The molecule has 1 aromatic rings. The number of nitrogens with one attached hydrogen (secondary N) is 1. The summed E-state index contributed by atoms with van der Waals surface area (Å²) in [6.07, 6.45) is 5.14. The topological polar surface area (TPSA) is 41.1 Å². The van der Waals surface area contributed by atoms with Crippen LogP contribution < -0.4 is 5.32 Å². The number of nitrogens with zero attached hydrogens (tertiary/aromatic N) is 3. The highest BCUT2D eigenvalue weighted by atomic mass is 35.5. The van der Waals surface area contributed by atoms with Crippen LogP contribution in [0.3, 0.4) is 0 Å². The predicted molar refractivity (Wildman–Crippen MR) is 84.5 cm³/mol. The van der Waals surface area contributed by atoms with Gasteiger partial charge in [-0.15, -0.1) is 0 Å². The fourth-order valence-electron chi connectivity index (χ4n) is 2.47. The van der Waals surface area contributed by atoms with Gasteiger partial charge in [-0.2, -0.15) is 0 Å². The number of aromatic nitrogens is 2. The largest absolute Gasteiger partial charge is 0.370 e. The summed E-state index contributed by atoms with van der Waals surface area (Å²) in [5.74, 6) is 1.94. The van der Waals surface area contributed by atoms with Gasteiger partial charge in [0, 0.05) is 18.5 Å². The molecule has 1 saturated heterocycles. The zero-order valence-electron chi connectivity index (χ0n) is 12.5. The second-order valence-electron chi connectivity index (χ2n) is 5.77. The first-order chi connectivity index (χ1) is 9.65. The van der Waals surface area contributed by atoms with E-state index in [2.05, 4.69) is 34.0 Å². The third-order valence-electron chi connectivity index (χ3n) is 3.63. The van der Waals surface area contributed by atoms with E-state index in [1.165, 1.54) is 38.9 Å². The first-order valence-electron chi connectivity index (χ1n) is 7.66. The highest BCUT2D eigenvalue weighted by Crippen LogP contribution is 2.17. The Morgan fingerprint density at radius 2 is 2.00 bits per heavy atom. The summed E-state index contributed by atoms with van der Waals surface area (Å²) < 4.78 is 0. The fourth-order valence-corrected chi connectivity index (χ4v) is 2.66. The normalized spacial score (nSPS) is 16.0. The third-order valence-corrected chi connectivity index (χ3v) is 3.83. The van der Waals surface area contributed by atoms with E-state index in [4.69, 9.17) is 11.6 Å². The van der Waals surface area contributed by atoms with Gasteiger partial charge in [0.25, 0.3) is 0 Å². The van der Waals surface area contributed by atoms with Gasteiger partial charge >= 0.3 is 0 Å². The van der Waals surface area contributed by atoms with Crippen LogP contribution in [0.25, 0.3) is 0 Å². The van der Waals surface area contributed by atoms with Crippen LogP contribution >= 0.6 is 11.6 Å². The van der Waals surface area contributed by atoms with Gasteiger partial charge in [0.1, 0.15) is 16.8 Å². The molecule has 112 valence electrons. The van der Waals surface area contributed by atoms with Crippen LogP contribution in [0.1, 0.15) is 51.3 Å². The molecule has 2 heterocycles. The number of hydrogen-bond acceptors (Lipinski definition) is 4. The summed E-state index contributed by atoms with van der Waals surface area (Å²) in [7, 11) is 0. The zero-order valence-corrected chi connectivity index (χ0v) is 13.3. The smallest absolute Gasteiger partial charge is 0.135 e. The Kier molecular flexibility index (Phi) is 6.05. The molecule has 0 saturated carbocycles. The Labute approximate surface area is 126 Å². The molecule has 0 radical (unpaired) electrons. The van der Waals surface area contributed by atoms with E-state index in [0.717, 1.165) is 24.6 Å². The Morgan fingerprint density at radius 3 is 2.70 bits per heavy atom. The van der Waals surface area contributed by atoms with Crippen LogP contribution in [0, 0.1) is 0 Å². The van der Waals surface area contributed by atoms with E-state index in [-0.39, 0.29) is 0 Å². The quantitative estimate of drug-likeness (QED) is 0.617. The molecule has 1 N–H and O–H groups in total. The minimum atomic E-state index is 0.296. The van der Waals surface area contributed by atoms with Gasteiger partial charge in [0.15, 0.2) is 0 Å². The molecule has 2 rings (SSSR count). The Morgan fingerprint density at radius 1 is 1.25 bits per heavy atom. The average Bonchev–Trinajstić information content (AvgIpc) is 2.91. The number of likely N-dealkylation sites (tertiary alicyclic amines) is 1. The van der Waals surface area contributed by atoms with Crippen molar-refractivity contribution in [3.05, 3.63) is 17.0 Å². The summed E-state index contributed by atoms with van der Waals surface area (Å²) in [5.41, 5.74) is 0. The molecule has 20 heavy (non-hydrogen) atoms. The number of rotatable bonds is 7. The van der Waals surface area contributed by atoms with Crippen LogP contribution in [-0.2, 0) is 0 Å². The Balaban J connectivity index is 1.70. The summed E-state index contributed by atoms with van der Waals surface area (Å²) in [4.78, 5) is 11.3. The monoisotopic (exact) mass is 296 g/mol. The number of halogens is 1. The molecule has 0 aliphatic carbocycles. The summed E-state index contributed by atoms with van der Waals surface area (Å²) in [6.45, 7) is 8.89. The summed E-state index contributed by atoms with van der Waals surface area (Å²) >= 11 is 6.02. The highest BCUT2D eigenvalue weighted by molar-refractivity contribution is 6.29. The van der Waals surface area contributed by atoms with Gasteiger partial charge in [-0.3, -0.25) is 0 Å². The Hall–Kier alpha value is -0.870. The molecule has 5 heteroatoms. The van der Waals surface area contributed by atoms with Gasteiger partial charge in [-0.1, -0.05) is 25.4 Å². The van der Waals surface area contributed by atoms with Crippen molar-refractivity contribution in [2.75, 3.05) is 31.5 Å². The van der Waals surface area contributed by atoms with Crippen LogP contribution in [0.4, 0.5) is 5.82 Å². The van der Waals surface area contributed by atoms with Crippen molar-refractivity contribution in [2.24, 2.45) is 0 Å². The van der Waals surface area contributed by atoms with Crippen molar-refractivity contribution in [3.8, 4) is 0 Å². The summed E-state index contributed by atoms with van der Waals surface area (Å²) in [5, 5.41) is 3.87. The van der Waals surface area contributed by atoms with Crippen LogP contribution in [0.2, 0.25) is 5.15 Å². The molecule has 0 aromatic carbocycles. The molecular formula is C15H25ClN4. The van der Waals surface area contributed by atoms with Gasteiger partial charge in [0.2, 0.25) is 0 Å². The minimum absolute atomic E-state index is 0.296. The number of unbranched alkanes of at least 4 members (excludes halogenated alkanes) is 1. The van der Waals surface area contributed by atoms with Crippen LogP contribution in [-0.4, -0.2) is 41.0 Å². The lowest BCUT2D eigenvalue weighted by molar-refractivity contribution is 0.331. The molecule has 0 bridgehead atoms. The van der Waals surface area contributed by atoms with Crippen molar-refractivity contribution in [2.45, 2.75) is 45.4 Å². The van der Waals surface area contributed by atoms with Crippen molar-refractivity contribution in [1.82, 2.24) is 14.9 Å². The van der Waals surface area contributed by atoms with E-state index in [0.29, 0.717) is 11.1 Å². The maximum absolute atomic E-state index is 6.02. The van der Waals surface area contributed by atoms with E-state index in [1.807, 2.05) is 0 Å². The minimum Gasteiger partial charge on any atom is -0.370 e. The zero-order chi connectivity index (χ0) is 14.4. The second-order valence-corrected chi connectivity index (χ2v) is 6.16. The lowest BCUT2D eigenvalue weighted by Crippen LogP contribution is -2.21. The third kappa shape index (κ3) is 4.91. The Bertz CT molecular complexity index is 416. The lowest BCUT2D eigenvalue weighted by Gasteiger charge is -2.14. The number of anilines is 1. The van der Waals surface area contributed by atoms with Gasteiger partial charge in [-0.05, 0) is 45.3 Å². The highest BCUT2D eigenvalue weighted by Gasteiger charge is 2.10. The molecule has 0 amide bonds. The maximum atomic E-state index is 6.02. The van der Waals surface area contributed by atoms with Crippen molar-refractivity contribution in [3.63, 3.8) is 0 Å². The molecule has 0 spiro atoms. The van der Waals surface area contributed by atoms with Gasteiger partial charge in [-0.25, -0.2) is 9.97 Å². The van der Waals surface area contributed by atoms with E-state index < -0.39 is 0 Å². The predicted octanol–water partition coefficient (Wildman–Crippen LogP) is 3.54. The first kappa shape index (κ1) is 15.5. The van der Waals surface area contributed by atoms with Crippen molar-refractivity contribution in [1.29, 1.82) is 0 Å². The first-order valence-corrected chi connectivity index (χ1v) is 8.03. The lowest BCUT2D eigenvalue weighted by atomic mass is 10.2. The van der Waals surface area contributed by atoms with Crippen LogP contribution in [0.5, 0.6) is 0 Å². The molecular weight excluding hydrogens is 272 g/mol. The van der Waals surface area contributed by atoms with Gasteiger partial charge in [0.05, 0.1) is 0 Å². The van der Waals surface area contributed by atoms with E-state index in [9.17, 15) is 0 Å². The molecule has 1 fully saturated rings. The molecule has 1 aliphatic rings. The maximum Gasteiger partial charge on any atom is 0.135 e. The van der Waals surface area contributed by atoms with Crippen molar-refractivity contribution >= 4 is 17.4 Å². The fraction of sp³-hybridized carbons (Fsp3) is 0.733. The molecule has 0 unspecified atom stereocenters. The molecule has 1 aliphatic heterocycles. The van der Waals surface area contributed by atoms with E-state index in [1.54, 1.807) is 6.07 Å². The van der Waals surface area contributed by atoms with E-state index >= 15 is 0 Å². The second kappa shape index (κ2) is 7.79. The van der Waals surface area contributed by atoms with Crippen LogP contribution in [0.15, 0.2) is 6.07 Å².